The number of hydrogen-bond acceptors (Lipinski definition) is 7. The summed E-state index contributed by atoms with van der Waals surface area (Å²) in [6.07, 6.45) is 3.41. The lowest BCUT2D eigenvalue weighted by molar-refractivity contribution is -0.120. The Kier molecular flexibility index (Phi) is 10.4. The molecular weight excluding hydrogens is 486 g/mol. The number of benzene rings is 3. The second kappa shape index (κ2) is 14.2. The Labute approximate surface area is 221 Å². The van der Waals surface area contributed by atoms with E-state index < -0.39 is 11.9 Å². The number of methoxy groups -OCH3 is 1. The first kappa shape index (κ1) is 27.9. The van der Waals surface area contributed by atoms with E-state index in [-0.39, 0.29) is 18.2 Å². The lowest BCUT2D eigenvalue weighted by Crippen LogP contribution is -2.35. The molecule has 9 heteroatoms. The monoisotopic (exact) mass is 517 g/mol. The second-order valence-electron chi connectivity index (χ2n) is 8.32. The van der Waals surface area contributed by atoms with Crippen molar-refractivity contribution in [2.75, 3.05) is 20.3 Å². The number of aryl methyl sites for hydroxylation is 1. The number of carbonyl (C=O) groups excluding carboxylic acids is 3. The number of amides is 2. The minimum absolute atomic E-state index is 0.228. The van der Waals surface area contributed by atoms with Gasteiger partial charge in [0.1, 0.15) is 5.75 Å². The molecule has 38 heavy (non-hydrogen) atoms. The number of hydrogen-bond donors (Lipinski definition) is 2. The number of unbranched alkanes of at least 4 members (excludes halogenated alkanes) is 1. The molecule has 0 radical (unpaired) electrons. The molecule has 0 atom stereocenters. The van der Waals surface area contributed by atoms with E-state index in [0.29, 0.717) is 34.8 Å². The molecule has 0 bridgehead atoms. The van der Waals surface area contributed by atoms with E-state index in [1.54, 1.807) is 54.6 Å². The first-order chi connectivity index (χ1) is 18.4. The molecule has 0 heterocycles. The summed E-state index contributed by atoms with van der Waals surface area (Å²) < 4.78 is 16.5. The lowest BCUT2D eigenvalue weighted by Gasteiger charge is -2.10. The Balaban J connectivity index is 1.52. The first-order valence-corrected chi connectivity index (χ1v) is 12.2. The van der Waals surface area contributed by atoms with Gasteiger partial charge >= 0.3 is 5.97 Å². The van der Waals surface area contributed by atoms with E-state index in [1.165, 1.54) is 13.3 Å². The quantitative estimate of drug-likeness (QED) is 0.122. The van der Waals surface area contributed by atoms with Gasteiger partial charge < -0.3 is 19.5 Å². The summed E-state index contributed by atoms with van der Waals surface area (Å²) in [5.74, 6) is -0.114. The van der Waals surface area contributed by atoms with Crippen LogP contribution in [-0.4, -0.2) is 44.3 Å². The summed E-state index contributed by atoms with van der Waals surface area (Å²) in [6.45, 7) is 4.31. The predicted molar refractivity (Wildman–Crippen MR) is 144 cm³/mol. The van der Waals surface area contributed by atoms with Gasteiger partial charge in [-0.1, -0.05) is 31.5 Å². The van der Waals surface area contributed by atoms with Gasteiger partial charge in [-0.25, -0.2) is 10.2 Å². The summed E-state index contributed by atoms with van der Waals surface area (Å²) in [5.41, 5.74) is 4.65. The Morgan fingerprint density at radius 2 is 1.74 bits per heavy atom. The van der Waals surface area contributed by atoms with Crippen LogP contribution in [-0.2, 0) is 4.79 Å². The van der Waals surface area contributed by atoms with Crippen LogP contribution in [0.5, 0.6) is 17.2 Å². The van der Waals surface area contributed by atoms with Gasteiger partial charge in [0, 0.05) is 5.56 Å². The summed E-state index contributed by atoms with van der Waals surface area (Å²) in [7, 11) is 1.45. The average Bonchev–Trinajstić information content (AvgIpc) is 2.93. The maximum absolute atomic E-state index is 12.6. The van der Waals surface area contributed by atoms with Crippen LogP contribution in [0.2, 0.25) is 0 Å². The zero-order valence-corrected chi connectivity index (χ0v) is 21.7. The van der Waals surface area contributed by atoms with Crippen LogP contribution in [0.25, 0.3) is 0 Å². The molecule has 0 saturated heterocycles. The SMILES string of the molecule is CCCCOc1ccc(C(=O)Oc2ccc(/C=N\NC(=O)CNC(=O)c3ccccc3C)cc2OC)cc1. The molecular formula is C29H31N3O6. The smallest absolute Gasteiger partial charge is 0.343 e. The van der Waals surface area contributed by atoms with Crippen molar-refractivity contribution < 1.29 is 28.6 Å². The van der Waals surface area contributed by atoms with Crippen LogP contribution in [0.15, 0.2) is 71.8 Å². The van der Waals surface area contributed by atoms with Gasteiger partial charge in [0.2, 0.25) is 0 Å². The maximum atomic E-state index is 12.6. The van der Waals surface area contributed by atoms with Crippen molar-refractivity contribution in [2.45, 2.75) is 26.7 Å². The van der Waals surface area contributed by atoms with Gasteiger partial charge in [0.15, 0.2) is 11.5 Å². The lowest BCUT2D eigenvalue weighted by atomic mass is 10.1. The van der Waals surface area contributed by atoms with Crippen LogP contribution in [0, 0.1) is 6.92 Å². The molecule has 2 amide bonds. The average molecular weight is 518 g/mol. The van der Waals surface area contributed by atoms with Gasteiger partial charge in [-0.15, -0.1) is 0 Å². The van der Waals surface area contributed by atoms with Crippen LogP contribution < -0.4 is 25.0 Å². The van der Waals surface area contributed by atoms with E-state index >= 15 is 0 Å². The van der Waals surface area contributed by atoms with Gasteiger partial charge in [0.05, 0.1) is 32.0 Å². The van der Waals surface area contributed by atoms with Gasteiger partial charge in [-0.2, -0.15) is 5.10 Å². The maximum Gasteiger partial charge on any atom is 0.343 e. The molecule has 198 valence electrons. The van der Waals surface area contributed by atoms with Crippen molar-refractivity contribution in [3.05, 3.63) is 89.0 Å². The van der Waals surface area contributed by atoms with Crippen LogP contribution in [0.4, 0.5) is 0 Å². The van der Waals surface area contributed by atoms with E-state index in [2.05, 4.69) is 22.8 Å². The highest BCUT2D eigenvalue weighted by molar-refractivity contribution is 5.97. The fourth-order valence-corrected chi connectivity index (χ4v) is 3.33. The van der Waals surface area contributed by atoms with Crippen molar-refractivity contribution in [3.63, 3.8) is 0 Å². The molecule has 3 aromatic carbocycles. The Morgan fingerprint density at radius 3 is 2.45 bits per heavy atom. The minimum Gasteiger partial charge on any atom is -0.494 e. The molecule has 0 aliphatic heterocycles. The number of ether oxygens (including phenoxy) is 3. The highest BCUT2D eigenvalue weighted by atomic mass is 16.6. The van der Waals surface area contributed by atoms with Gasteiger partial charge in [-0.3, -0.25) is 9.59 Å². The van der Waals surface area contributed by atoms with E-state index in [1.807, 2.05) is 19.1 Å². The molecule has 3 rings (SSSR count). The third-order valence-corrected chi connectivity index (χ3v) is 5.45. The standard InChI is InChI=1S/C29H31N3O6/c1-4-5-16-37-23-13-11-22(12-14-23)29(35)38-25-15-10-21(17-26(25)36-3)18-31-32-27(33)19-30-28(34)24-9-7-6-8-20(24)2/h6-15,17-18H,4-5,16,19H2,1-3H3,(H,30,34)(H,32,33)/b31-18-. The topological polar surface area (TPSA) is 115 Å². The number of nitrogens with one attached hydrogen (secondary N) is 2. The Hall–Kier alpha value is -4.66. The molecule has 2 N–H and O–H groups in total. The fraction of sp³-hybridized carbons (Fsp3) is 0.241. The summed E-state index contributed by atoms with van der Waals surface area (Å²) in [6, 6.07) is 18.7. The van der Waals surface area contributed by atoms with Crippen LogP contribution in [0.3, 0.4) is 0 Å². The predicted octanol–water partition coefficient (Wildman–Crippen LogP) is 4.28. The van der Waals surface area contributed by atoms with Crippen molar-refractivity contribution in [3.8, 4) is 17.2 Å². The number of carbonyl (C=O) groups is 3. The molecule has 0 spiro atoms. The molecule has 0 fully saturated rings. The Morgan fingerprint density at radius 1 is 0.974 bits per heavy atom. The summed E-state index contributed by atoms with van der Waals surface area (Å²) in [4.78, 5) is 36.8. The zero-order chi connectivity index (χ0) is 27.3. The molecule has 0 unspecified atom stereocenters. The van der Waals surface area contributed by atoms with Crippen LogP contribution >= 0.6 is 0 Å². The normalized spacial score (nSPS) is 10.6. The summed E-state index contributed by atoms with van der Waals surface area (Å²) >= 11 is 0. The molecule has 0 saturated carbocycles. The highest BCUT2D eigenvalue weighted by Gasteiger charge is 2.13. The molecule has 0 aliphatic carbocycles. The van der Waals surface area contributed by atoms with Crippen molar-refractivity contribution in [1.29, 1.82) is 0 Å². The second-order valence-corrected chi connectivity index (χ2v) is 8.32. The zero-order valence-electron chi connectivity index (χ0n) is 21.7. The summed E-state index contributed by atoms with van der Waals surface area (Å²) in [5, 5.41) is 6.47. The highest BCUT2D eigenvalue weighted by Crippen LogP contribution is 2.28. The van der Waals surface area contributed by atoms with Crippen molar-refractivity contribution >= 4 is 24.0 Å². The van der Waals surface area contributed by atoms with E-state index in [9.17, 15) is 14.4 Å². The molecule has 3 aromatic rings. The first-order valence-electron chi connectivity index (χ1n) is 12.2. The van der Waals surface area contributed by atoms with Crippen molar-refractivity contribution in [2.24, 2.45) is 5.10 Å². The molecule has 9 nitrogen and oxygen atoms in total. The van der Waals surface area contributed by atoms with E-state index in [0.717, 1.165) is 18.4 Å². The fourth-order valence-electron chi connectivity index (χ4n) is 3.33. The minimum atomic E-state index is -0.537. The number of hydrazone groups is 1. The Bertz CT molecular complexity index is 1290. The molecule has 0 aliphatic rings. The number of esters is 1. The van der Waals surface area contributed by atoms with Gasteiger partial charge in [-0.05, 0) is 73.0 Å². The van der Waals surface area contributed by atoms with E-state index in [4.69, 9.17) is 14.2 Å². The molecule has 0 aromatic heterocycles. The third kappa shape index (κ3) is 8.19. The number of nitrogens with zero attached hydrogens (tertiary/aromatic N) is 1. The van der Waals surface area contributed by atoms with Crippen molar-refractivity contribution in [1.82, 2.24) is 10.7 Å². The van der Waals surface area contributed by atoms with Crippen LogP contribution in [0.1, 0.15) is 51.6 Å². The number of rotatable bonds is 12. The van der Waals surface area contributed by atoms with Gasteiger partial charge in [0.25, 0.3) is 11.8 Å². The largest absolute Gasteiger partial charge is 0.494 e. The third-order valence-electron chi connectivity index (χ3n) is 5.45.